The molecule has 0 bridgehead atoms. The van der Waals surface area contributed by atoms with E-state index in [1.165, 1.54) is 23.3 Å². The van der Waals surface area contributed by atoms with Gasteiger partial charge in [-0.15, -0.1) is 0 Å². The molecule has 31 heavy (non-hydrogen) atoms. The van der Waals surface area contributed by atoms with Gasteiger partial charge < -0.3 is 4.98 Å². The first kappa shape index (κ1) is 22.7. The lowest BCUT2D eigenvalue weighted by Crippen LogP contribution is -2.33. The van der Waals surface area contributed by atoms with Crippen molar-refractivity contribution in [1.82, 2.24) is 19.9 Å². The third-order valence-corrected chi connectivity index (χ3v) is 5.50. The fraction of sp³-hybridized carbons (Fsp3) is 0.333. The van der Waals surface area contributed by atoms with Crippen LogP contribution in [0.4, 0.5) is 0 Å². The molecule has 0 radical (unpaired) electrons. The van der Waals surface area contributed by atoms with Gasteiger partial charge in [0.1, 0.15) is 5.82 Å². The molecule has 0 spiro atoms. The Hall–Kier alpha value is -2.98. The first-order valence-corrected chi connectivity index (χ1v) is 11.3. The van der Waals surface area contributed by atoms with E-state index >= 15 is 0 Å². The second kappa shape index (κ2) is 11.4. The highest BCUT2D eigenvalue weighted by Crippen LogP contribution is 2.34. The van der Waals surface area contributed by atoms with E-state index in [1.54, 1.807) is 0 Å². The van der Waals surface area contributed by atoms with Crippen molar-refractivity contribution in [2.45, 2.75) is 52.6 Å². The van der Waals surface area contributed by atoms with Gasteiger partial charge in [-0.2, -0.15) is 0 Å². The molecule has 1 N–H and O–H groups in total. The quantitative estimate of drug-likeness (QED) is 0.446. The highest BCUT2D eigenvalue weighted by molar-refractivity contribution is 5.74. The summed E-state index contributed by atoms with van der Waals surface area (Å²) in [6.07, 6.45) is 13.5. The number of aryl methyl sites for hydroxylation is 1. The number of hydrogen-bond acceptors (Lipinski definition) is 3. The van der Waals surface area contributed by atoms with Crippen LogP contribution in [-0.4, -0.2) is 26.4 Å². The largest absolute Gasteiger partial charge is 0.341 e. The average Bonchev–Trinajstić information content (AvgIpc) is 3.22. The van der Waals surface area contributed by atoms with Gasteiger partial charge in [-0.05, 0) is 55.5 Å². The number of allylic oxidation sites excluding steroid dienone is 3. The van der Waals surface area contributed by atoms with Gasteiger partial charge in [0.05, 0.1) is 29.3 Å². The number of aromatic amines is 1. The van der Waals surface area contributed by atoms with E-state index in [4.69, 9.17) is 9.97 Å². The van der Waals surface area contributed by atoms with Gasteiger partial charge in [0, 0.05) is 12.7 Å². The van der Waals surface area contributed by atoms with E-state index in [2.05, 4.69) is 59.8 Å². The smallest absolute Gasteiger partial charge is 0.121 e. The molecule has 0 fully saturated rings. The molecule has 1 unspecified atom stereocenters. The van der Waals surface area contributed by atoms with E-state index in [0.29, 0.717) is 0 Å². The van der Waals surface area contributed by atoms with Crippen LogP contribution in [-0.2, 0) is 13.0 Å². The number of para-hydroxylation sites is 2. The molecule has 4 nitrogen and oxygen atoms in total. The Bertz CT molecular complexity index is 1010. The van der Waals surface area contributed by atoms with E-state index < -0.39 is 0 Å². The first-order valence-electron chi connectivity index (χ1n) is 11.3. The summed E-state index contributed by atoms with van der Waals surface area (Å²) in [6.45, 7) is 11.5. The Balaban J connectivity index is 0.00000132. The number of benzene rings is 1. The summed E-state index contributed by atoms with van der Waals surface area (Å²) >= 11 is 0. The number of imidazole rings is 1. The van der Waals surface area contributed by atoms with Crippen molar-refractivity contribution in [1.29, 1.82) is 0 Å². The molecule has 2 heterocycles. The van der Waals surface area contributed by atoms with E-state index in [-0.39, 0.29) is 6.04 Å². The van der Waals surface area contributed by atoms with E-state index in [9.17, 15) is 0 Å². The summed E-state index contributed by atoms with van der Waals surface area (Å²) in [6, 6.07) is 12.8. The lowest BCUT2D eigenvalue weighted by Gasteiger charge is -2.34. The van der Waals surface area contributed by atoms with Crippen LogP contribution in [0.3, 0.4) is 0 Å². The number of fused-ring (bicyclic) bond motifs is 2. The number of aromatic nitrogens is 3. The van der Waals surface area contributed by atoms with Gasteiger partial charge in [-0.3, -0.25) is 9.88 Å². The van der Waals surface area contributed by atoms with Crippen LogP contribution in [0.2, 0.25) is 0 Å². The zero-order valence-corrected chi connectivity index (χ0v) is 19.0. The van der Waals surface area contributed by atoms with Crippen LogP contribution in [0.5, 0.6) is 0 Å². The van der Waals surface area contributed by atoms with Crippen LogP contribution in [0.15, 0.2) is 79.1 Å². The SMILES string of the molecule is C=C/C=C(\C=C/C)CN(Cc1nc2ccccc2[nH]1)C1CCCc2cccnc21.CC. The average molecular weight is 415 g/mol. The molecular weight excluding hydrogens is 380 g/mol. The molecule has 1 atom stereocenters. The van der Waals surface area contributed by atoms with Crippen molar-refractivity contribution < 1.29 is 0 Å². The van der Waals surface area contributed by atoms with Crippen molar-refractivity contribution in [3.63, 3.8) is 0 Å². The minimum absolute atomic E-state index is 0.284. The van der Waals surface area contributed by atoms with Gasteiger partial charge >= 0.3 is 0 Å². The maximum absolute atomic E-state index is 4.83. The molecule has 4 heteroatoms. The molecule has 0 saturated carbocycles. The normalized spacial score (nSPS) is 16.3. The van der Waals surface area contributed by atoms with Crippen LogP contribution in [0.1, 0.15) is 56.7 Å². The molecule has 1 aromatic carbocycles. The maximum atomic E-state index is 4.83. The number of pyridine rings is 1. The third kappa shape index (κ3) is 5.59. The molecule has 162 valence electrons. The fourth-order valence-electron chi connectivity index (χ4n) is 4.25. The predicted octanol–water partition coefficient (Wildman–Crippen LogP) is 6.55. The zero-order valence-electron chi connectivity index (χ0n) is 19.0. The van der Waals surface area contributed by atoms with Gasteiger partial charge in [-0.1, -0.05) is 62.9 Å². The van der Waals surface area contributed by atoms with E-state index in [0.717, 1.165) is 42.8 Å². The molecule has 3 aromatic rings. The number of rotatable bonds is 7. The number of H-pyrrole nitrogens is 1. The Labute approximate surface area is 186 Å². The number of nitrogens with zero attached hydrogens (tertiary/aromatic N) is 3. The second-order valence-electron chi connectivity index (χ2n) is 7.54. The van der Waals surface area contributed by atoms with Crippen LogP contribution in [0.25, 0.3) is 11.0 Å². The van der Waals surface area contributed by atoms with Crippen LogP contribution in [0, 0.1) is 0 Å². The molecule has 0 saturated heterocycles. The summed E-state index contributed by atoms with van der Waals surface area (Å²) < 4.78 is 0. The summed E-state index contributed by atoms with van der Waals surface area (Å²) in [5, 5.41) is 0. The Morgan fingerprint density at radius 1 is 1.23 bits per heavy atom. The van der Waals surface area contributed by atoms with Gasteiger partial charge in [-0.25, -0.2) is 4.98 Å². The van der Waals surface area contributed by atoms with Crippen molar-refractivity contribution >= 4 is 11.0 Å². The number of hydrogen-bond donors (Lipinski definition) is 1. The standard InChI is InChI=1S/C25H28N4.C2H6/c1-3-9-19(10-4-2)17-29(18-24-27-21-13-5-6-14-22(21)28-24)23-15-7-11-20-12-8-16-26-25(20)23;1-2/h3-6,8-10,12-14,16,23H,1,7,11,15,17-18H2,2H3,(H,27,28);1-2H3/b10-4-,19-9+;. The van der Waals surface area contributed by atoms with Gasteiger partial charge in [0.2, 0.25) is 0 Å². The van der Waals surface area contributed by atoms with Crippen molar-refractivity contribution in [2.24, 2.45) is 0 Å². The third-order valence-electron chi connectivity index (χ3n) is 5.50. The molecule has 1 aliphatic carbocycles. The van der Waals surface area contributed by atoms with Crippen LogP contribution < -0.4 is 0 Å². The van der Waals surface area contributed by atoms with Crippen LogP contribution >= 0.6 is 0 Å². The highest BCUT2D eigenvalue weighted by Gasteiger charge is 2.28. The first-order chi connectivity index (χ1) is 15.3. The topological polar surface area (TPSA) is 44.8 Å². The lowest BCUT2D eigenvalue weighted by molar-refractivity contribution is 0.178. The monoisotopic (exact) mass is 414 g/mol. The van der Waals surface area contributed by atoms with Gasteiger partial charge in [0.15, 0.2) is 0 Å². The molecule has 0 amide bonds. The van der Waals surface area contributed by atoms with Crippen molar-refractivity contribution in [3.05, 3.63) is 96.1 Å². The summed E-state index contributed by atoms with van der Waals surface area (Å²) in [5.74, 6) is 0.993. The van der Waals surface area contributed by atoms with Crippen molar-refractivity contribution in [3.8, 4) is 0 Å². The molecular formula is C27H34N4. The molecule has 4 rings (SSSR count). The summed E-state index contributed by atoms with van der Waals surface area (Å²) in [5.41, 5.74) is 5.92. The Morgan fingerprint density at radius 2 is 2.06 bits per heavy atom. The van der Waals surface area contributed by atoms with Gasteiger partial charge in [0.25, 0.3) is 0 Å². The zero-order chi connectivity index (χ0) is 22.1. The minimum Gasteiger partial charge on any atom is -0.341 e. The predicted molar refractivity (Wildman–Crippen MR) is 131 cm³/mol. The molecule has 1 aliphatic rings. The van der Waals surface area contributed by atoms with E-state index in [1.807, 2.05) is 44.3 Å². The second-order valence-corrected chi connectivity index (χ2v) is 7.54. The molecule has 2 aromatic heterocycles. The summed E-state index contributed by atoms with van der Waals surface area (Å²) in [7, 11) is 0. The number of nitrogens with one attached hydrogen (secondary N) is 1. The maximum Gasteiger partial charge on any atom is 0.121 e. The fourth-order valence-corrected chi connectivity index (χ4v) is 4.25. The Kier molecular flexibility index (Phi) is 8.36. The van der Waals surface area contributed by atoms with Crippen molar-refractivity contribution in [2.75, 3.05) is 6.54 Å². The summed E-state index contributed by atoms with van der Waals surface area (Å²) in [4.78, 5) is 15.6. The highest BCUT2D eigenvalue weighted by atomic mass is 15.2. The lowest BCUT2D eigenvalue weighted by atomic mass is 9.90. The minimum atomic E-state index is 0.284. The molecule has 0 aliphatic heterocycles. The Morgan fingerprint density at radius 3 is 2.84 bits per heavy atom.